The summed E-state index contributed by atoms with van der Waals surface area (Å²) in [6, 6.07) is 5.92. The first-order valence-electron chi connectivity index (χ1n) is 5.61. The zero-order chi connectivity index (χ0) is 14.8. The Bertz CT molecular complexity index is 712. The van der Waals surface area contributed by atoms with Crippen molar-refractivity contribution in [3.63, 3.8) is 0 Å². The largest absolute Gasteiger partial charge is 0.495 e. The quantitative estimate of drug-likeness (QED) is 0.786. The molecule has 20 heavy (non-hydrogen) atoms. The van der Waals surface area contributed by atoms with Gasteiger partial charge >= 0.3 is 0 Å². The molecule has 0 fully saturated rings. The highest BCUT2D eigenvalue weighted by Gasteiger charge is 2.16. The van der Waals surface area contributed by atoms with E-state index >= 15 is 0 Å². The van der Waals surface area contributed by atoms with Gasteiger partial charge in [0.1, 0.15) is 10.6 Å². The summed E-state index contributed by atoms with van der Waals surface area (Å²) in [4.78, 5) is 2.70. The molecular formula is C12H13ClN2O4S. The van der Waals surface area contributed by atoms with Gasteiger partial charge in [0.25, 0.3) is 10.0 Å². The van der Waals surface area contributed by atoms with Gasteiger partial charge in [-0.2, -0.15) is 0 Å². The Morgan fingerprint density at radius 3 is 2.70 bits per heavy atom. The van der Waals surface area contributed by atoms with E-state index in [2.05, 4.69) is 9.71 Å². The fourth-order valence-electron chi connectivity index (χ4n) is 1.61. The van der Waals surface area contributed by atoms with Gasteiger partial charge in [-0.3, -0.25) is 4.72 Å². The Morgan fingerprint density at radius 2 is 2.15 bits per heavy atom. The van der Waals surface area contributed by atoms with Gasteiger partial charge in [-0.25, -0.2) is 8.42 Å². The molecule has 0 atom stereocenters. The molecule has 2 rings (SSSR count). The first-order chi connectivity index (χ1) is 9.46. The zero-order valence-electron chi connectivity index (χ0n) is 10.6. The number of ether oxygens (including phenoxy) is 1. The first-order valence-corrected chi connectivity index (χ1v) is 7.47. The predicted molar refractivity (Wildman–Crippen MR) is 75.5 cm³/mol. The number of anilines is 1. The zero-order valence-corrected chi connectivity index (χ0v) is 12.1. The van der Waals surface area contributed by atoms with Gasteiger partial charge in [-0.05, 0) is 24.3 Å². The summed E-state index contributed by atoms with van der Waals surface area (Å²) in [6.45, 7) is -0.260. The summed E-state index contributed by atoms with van der Waals surface area (Å²) in [7, 11) is -2.26. The van der Waals surface area contributed by atoms with Gasteiger partial charge in [0.15, 0.2) is 0 Å². The van der Waals surface area contributed by atoms with Crippen LogP contribution < -0.4 is 9.46 Å². The molecule has 0 aliphatic carbocycles. The minimum absolute atomic E-state index is 0.0356. The highest BCUT2D eigenvalue weighted by molar-refractivity contribution is 7.92. The van der Waals surface area contributed by atoms with Crippen LogP contribution in [0.5, 0.6) is 5.75 Å². The van der Waals surface area contributed by atoms with Crippen LogP contribution in [0.1, 0.15) is 5.69 Å². The Balaban J connectivity index is 2.26. The Hall–Kier alpha value is -1.70. The maximum absolute atomic E-state index is 12.1. The molecule has 0 amide bonds. The van der Waals surface area contributed by atoms with Crippen LogP contribution in [0.3, 0.4) is 0 Å². The summed E-state index contributed by atoms with van der Waals surface area (Å²) in [5.41, 5.74) is 0.737. The van der Waals surface area contributed by atoms with E-state index in [1.54, 1.807) is 12.1 Å². The third kappa shape index (κ3) is 3.06. The van der Waals surface area contributed by atoms with Crippen LogP contribution in [0.25, 0.3) is 0 Å². The van der Waals surface area contributed by atoms with Gasteiger partial charge in [0, 0.05) is 11.9 Å². The predicted octanol–water partition coefficient (Wildman–Crippen LogP) is 1.97. The minimum atomic E-state index is -3.73. The van der Waals surface area contributed by atoms with E-state index in [1.165, 1.54) is 25.4 Å². The normalized spacial score (nSPS) is 11.3. The molecule has 3 N–H and O–H groups in total. The number of aromatic amines is 1. The molecule has 0 saturated heterocycles. The lowest BCUT2D eigenvalue weighted by atomic mass is 10.3. The fraction of sp³-hybridized carbons (Fsp3) is 0.167. The van der Waals surface area contributed by atoms with Crippen molar-refractivity contribution >= 4 is 27.3 Å². The third-order valence-electron chi connectivity index (χ3n) is 2.60. The van der Waals surface area contributed by atoms with E-state index < -0.39 is 10.0 Å². The lowest BCUT2D eigenvalue weighted by molar-refractivity contribution is 0.277. The van der Waals surface area contributed by atoms with Crippen molar-refractivity contribution in [3.05, 3.63) is 41.2 Å². The number of aliphatic hydroxyl groups excluding tert-OH is 1. The third-order valence-corrected chi connectivity index (χ3v) is 4.26. The molecule has 0 aliphatic rings. The lowest BCUT2D eigenvalue weighted by Gasteiger charge is -2.08. The molecule has 0 saturated carbocycles. The van der Waals surface area contributed by atoms with E-state index in [-0.39, 0.29) is 11.5 Å². The maximum atomic E-state index is 12.1. The number of rotatable bonds is 5. The standard InChI is InChI=1S/C12H13ClN2O4S/c1-19-12-3-2-8(5-11(12)13)15-20(17,18)10-4-9(7-16)14-6-10/h2-6,14-16H,7H2,1H3. The number of methoxy groups -OCH3 is 1. The molecule has 1 aromatic carbocycles. The number of aliphatic hydroxyl groups is 1. The molecule has 2 aromatic rings. The molecule has 0 spiro atoms. The highest BCUT2D eigenvalue weighted by atomic mass is 35.5. The van der Waals surface area contributed by atoms with Crippen LogP contribution in [0.4, 0.5) is 5.69 Å². The van der Waals surface area contributed by atoms with E-state index in [1.807, 2.05) is 0 Å². The second-order valence-electron chi connectivity index (χ2n) is 3.97. The molecule has 1 aromatic heterocycles. The smallest absolute Gasteiger partial charge is 0.263 e. The number of H-pyrrole nitrogens is 1. The Kier molecular flexibility index (Phi) is 4.22. The number of sulfonamides is 1. The van der Waals surface area contributed by atoms with Crippen molar-refractivity contribution < 1.29 is 18.3 Å². The topological polar surface area (TPSA) is 91.4 Å². The first kappa shape index (κ1) is 14.7. The molecule has 1 heterocycles. The van der Waals surface area contributed by atoms with E-state index in [4.69, 9.17) is 21.4 Å². The summed E-state index contributed by atoms with van der Waals surface area (Å²) >= 11 is 5.93. The molecule has 0 aliphatic heterocycles. The number of hydrogen-bond acceptors (Lipinski definition) is 4. The van der Waals surface area contributed by atoms with Crippen molar-refractivity contribution in [1.82, 2.24) is 4.98 Å². The van der Waals surface area contributed by atoms with Crippen LogP contribution in [0.2, 0.25) is 5.02 Å². The fourth-order valence-corrected chi connectivity index (χ4v) is 2.93. The van der Waals surface area contributed by atoms with E-state index in [0.717, 1.165) is 0 Å². The van der Waals surface area contributed by atoms with Crippen LogP contribution >= 0.6 is 11.6 Å². The average molecular weight is 317 g/mol. The molecule has 0 radical (unpaired) electrons. The van der Waals surface area contributed by atoms with Crippen LogP contribution in [-0.2, 0) is 16.6 Å². The number of nitrogens with one attached hydrogen (secondary N) is 2. The molecule has 0 unspecified atom stereocenters. The van der Waals surface area contributed by atoms with Crippen LogP contribution in [-0.4, -0.2) is 25.6 Å². The second-order valence-corrected chi connectivity index (χ2v) is 6.06. The summed E-state index contributed by atoms with van der Waals surface area (Å²) in [5.74, 6) is 0.457. The van der Waals surface area contributed by atoms with Gasteiger partial charge in [-0.1, -0.05) is 11.6 Å². The van der Waals surface area contributed by atoms with Gasteiger partial charge in [0.2, 0.25) is 0 Å². The number of aromatic nitrogens is 1. The highest BCUT2D eigenvalue weighted by Crippen LogP contribution is 2.28. The number of benzene rings is 1. The molecular weight excluding hydrogens is 304 g/mol. The number of hydrogen-bond donors (Lipinski definition) is 3. The molecule has 8 heteroatoms. The van der Waals surface area contributed by atoms with Crippen molar-refractivity contribution in [3.8, 4) is 5.75 Å². The van der Waals surface area contributed by atoms with Gasteiger partial charge < -0.3 is 14.8 Å². The Labute approximate surface area is 121 Å². The monoisotopic (exact) mass is 316 g/mol. The summed E-state index contributed by atoms with van der Waals surface area (Å²) < 4.78 is 31.6. The molecule has 6 nitrogen and oxygen atoms in total. The second kappa shape index (κ2) is 5.74. The molecule has 0 bridgehead atoms. The maximum Gasteiger partial charge on any atom is 0.263 e. The van der Waals surface area contributed by atoms with E-state index in [9.17, 15) is 8.42 Å². The van der Waals surface area contributed by atoms with Crippen molar-refractivity contribution in [2.45, 2.75) is 11.5 Å². The van der Waals surface area contributed by atoms with Crippen LogP contribution in [0, 0.1) is 0 Å². The van der Waals surface area contributed by atoms with Crippen molar-refractivity contribution in [2.24, 2.45) is 0 Å². The Morgan fingerprint density at radius 1 is 1.40 bits per heavy atom. The van der Waals surface area contributed by atoms with E-state index in [0.29, 0.717) is 22.2 Å². The van der Waals surface area contributed by atoms with Gasteiger partial charge in [-0.15, -0.1) is 0 Å². The average Bonchev–Trinajstić information content (AvgIpc) is 2.88. The minimum Gasteiger partial charge on any atom is -0.495 e. The lowest BCUT2D eigenvalue weighted by Crippen LogP contribution is -2.12. The summed E-state index contributed by atoms with van der Waals surface area (Å²) in [6.07, 6.45) is 1.30. The SMILES string of the molecule is COc1ccc(NS(=O)(=O)c2c[nH]c(CO)c2)cc1Cl. The van der Waals surface area contributed by atoms with Crippen LogP contribution in [0.15, 0.2) is 35.4 Å². The molecule has 108 valence electrons. The van der Waals surface area contributed by atoms with Crippen molar-refractivity contribution in [2.75, 3.05) is 11.8 Å². The van der Waals surface area contributed by atoms with Gasteiger partial charge in [0.05, 0.1) is 24.4 Å². The number of halogens is 1. The van der Waals surface area contributed by atoms with Crippen molar-refractivity contribution in [1.29, 1.82) is 0 Å². The summed E-state index contributed by atoms with van der Waals surface area (Å²) in [5, 5.41) is 9.23.